The maximum Gasteiger partial charge on any atom is 0.183 e. The second-order valence-corrected chi connectivity index (χ2v) is 2.70. The van der Waals surface area contributed by atoms with E-state index in [1.54, 1.807) is 11.8 Å². The number of hydrogen-bond donors (Lipinski definition) is 1. The molecule has 0 aromatic rings. The molecule has 0 unspecified atom stereocenters. The first-order chi connectivity index (χ1) is 4.85. The van der Waals surface area contributed by atoms with Crippen LogP contribution in [0.3, 0.4) is 0 Å². The minimum absolute atomic E-state index is 0.715. The van der Waals surface area contributed by atoms with E-state index in [4.69, 9.17) is 5.26 Å². The Morgan fingerprint density at radius 1 is 1.70 bits per heavy atom. The SMILES string of the molecule is CCN=C(NC#N)SCC. The van der Waals surface area contributed by atoms with Gasteiger partial charge in [-0.2, -0.15) is 5.26 Å². The number of aliphatic imine (C=N–C) groups is 1. The van der Waals surface area contributed by atoms with E-state index in [9.17, 15) is 0 Å². The molecule has 0 aromatic carbocycles. The van der Waals surface area contributed by atoms with Gasteiger partial charge < -0.3 is 0 Å². The smallest absolute Gasteiger partial charge is 0.183 e. The fourth-order valence-corrected chi connectivity index (χ4v) is 1.06. The van der Waals surface area contributed by atoms with Crippen molar-refractivity contribution >= 4 is 16.9 Å². The molecule has 0 heterocycles. The summed E-state index contributed by atoms with van der Waals surface area (Å²) in [4.78, 5) is 4.05. The molecule has 0 amide bonds. The van der Waals surface area contributed by atoms with Crippen molar-refractivity contribution in [2.45, 2.75) is 13.8 Å². The van der Waals surface area contributed by atoms with E-state index in [1.165, 1.54) is 0 Å². The van der Waals surface area contributed by atoms with Gasteiger partial charge >= 0.3 is 0 Å². The van der Waals surface area contributed by atoms with Crippen molar-refractivity contribution in [3.05, 3.63) is 0 Å². The quantitative estimate of drug-likeness (QED) is 0.283. The summed E-state index contributed by atoms with van der Waals surface area (Å²) < 4.78 is 0. The van der Waals surface area contributed by atoms with Crippen molar-refractivity contribution in [3.63, 3.8) is 0 Å². The third-order valence-electron chi connectivity index (χ3n) is 0.746. The molecule has 0 radical (unpaired) electrons. The van der Waals surface area contributed by atoms with Gasteiger partial charge in [0, 0.05) is 6.54 Å². The monoisotopic (exact) mass is 157 g/mol. The molecule has 4 heteroatoms. The Labute approximate surface area is 65.5 Å². The Kier molecular flexibility index (Phi) is 5.99. The second-order valence-electron chi connectivity index (χ2n) is 1.45. The Morgan fingerprint density at radius 2 is 2.40 bits per heavy atom. The molecule has 0 atom stereocenters. The van der Waals surface area contributed by atoms with E-state index >= 15 is 0 Å². The zero-order valence-corrected chi connectivity index (χ0v) is 7.03. The molecular weight excluding hydrogens is 146 g/mol. The molecule has 0 aromatic heterocycles. The van der Waals surface area contributed by atoms with Crippen molar-refractivity contribution in [2.75, 3.05) is 12.3 Å². The van der Waals surface area contributed by atoms with Crippen LogP contribution in [0.4, 0.5) is 0 Å². The highest BCUT2D eigenvalue weighted by Gasteiger charge is 1.93. The van der Waals surface area contributed by atoms with Gasteiger partial charge in [0.1, 0.15) is 0 Å². The summed E-state index contributed by atoms with van der Waals surface area (Å²) in [7, 11) is 0. The number of rotatable bonds is 2. The maximum absolute atomic E-state index is 8.23. The highest BCUT2D eigenvalue weighted by molar-refractivity contribution is 8.13. The maximum atomic E-state index is 8.23. The molecule has 0 saturated carbocycles. The summed E-state index contributed by atoms with van der Waals surface area (Å²) in [6.45, 7) is 4.68. The highest BCUT2D eigenvalue weighted by Crippen LogP contribution is 1.99. The highest BCUT2D eigenvalue weighted by atomic mass is 32.2. The van der Waals surface area contributed by atoms with Crippen LogP contribution < -0.4 is 5.32 Å². The van der Waals surface area contributed by atoms with E-state index in [-0.39, 0.29) is 0 Å². The lowest BCUT2D eigenvalue weighted by molar-refractivity contribution is 1.11. The Bertz CT molecular complexity index is 148. The molecular formula is C6H11N3S. The lowest BCUT2D eigenvalue weighted by Gasteiger charge is -1.98. The minimum Gasteiger partial charge on any atom is -0.272 e. The molecule has 0 rings (SSSR count). The largest absolute Gasteiger partial charge is 0.272 e. The number of nitrogens with zero attached hydrogens (tertiary/aromatic N) is 2. The summed E-state index contributed by atoms with van der Waals surface area (Å²) >= 11 is 1.54. The summed E-state index contributed by atoms with van der Waals surface area (Å²) in [6.07, 6.45) is 1.84. The Hall–Kier alpha value is -0.690. The number of nitrogens with one attached hydrogen (secondary N) is 1. The summed E-state index contributed by atoms with van der Waals surface area (Å²) in [5, 5.41) is 11.5. The fourth-order valence-electron chi connectivity index (χ4n) is 0.449. The number of hydrogen-bond acceptors (Lipinski definition) is 3. The van der Waals surface area contributed by atoms with Crippen LogP contribution in [0.25, 0.3) is 0 Å². The summed E-state index contributed by atoms with van der Waals surface area (Å²) in [6, 6.07) is 0. The summed E-state index contributed by atoms with van der Waals surface area (Å²) in [5.41, 5.74) is 0. The van der Waals surface area contributed by atoms with E-state index in [1.807, 2.05) is 20.0 Å². The summed E-state index contributed by atoms with van der Waals surface area (Å²) in [5.74, 6) is 0.938. The zero-order valence-electron chi connectivity index (χ0n) is 6.22. The number of nitriles is 1. The van der Waals surface area contributed by atoms with Crippen LogP contribution in [0.15, 0.2) is 4.99 Å². The number of thioether (sulfide) groups is 1. The molecule has 0 fully saturated rings. The van der Waals surface area contributed by atoms with Crippen molar-refractivity contribution in [1.29, 1.82) is 5.26 Å². The Balaban J connectivity index is 3.75. The topological polar surface area (TPSA) is 48.2 Å². The van der Waals surface area contributed by atoms with E-state index in [0.717, 1.165) is 12.3 Å². The van der Waals surface area contributed by atoms with Crippen LogP contribution in [0, 0.1) is 11.5 Å². The van der Waals surface area contributed by atoms with Crippen LogP contribution in [0.1, 0.15) is 13.8 Å². The van der Waals surface area contributed by atoms with Crippen LogP contribution >= 0.6 is 11.8 Å². The van der Waals surface area contributed by atoms with Gasteiger partial charge in [0.2, 0.25) is 0 Å². The van der Waals surface area contributed by atoms with Gasteiger partial charge in [-0.25, -0.2) is 0 Å². The number of amidine groups is 1. The normalized spacial score (nSPS) is 10.7. The Morgan fingerprint density at radius 3 is 2.80 bits per heavy atom. The van der Waals surface area contributed by atoms with Crippen LogP contribution in [-0.2, 0) is 0 Å². The molecule has 3 nitrogen and oxygen atoms in total. The first kappa shape index (κ1) is 9.31. The predicted molar refractivity (Wildman–Crippen MR) is 44.9 cm³/mol. The van der Waals surface area contributed by atoms with Crippen molar-refractivity contribution < 1.29 is 0 Å². The van der Waals surface area contributed by atoms with E-state index < -0.39 is 0 Å². The van der Waals surface area contributed by atoms with E-state index in [2.05, 4.69) is 10.3 Å². The lowest BCUT2D eigenvalue weighted by Crippen LogP contribution is -2.14. The molecule has 1 N–H and O–H groups in total. The van der Waals surface area contributed by atoms with E-state index in [0.29, 0.717) is 5.17 Å². The van der Waals surface area contributed by atoms with Gasteiger partial charge in [-0.15, -0.1) is 0 Å². The van der Waals surface area contributed by atoms with Crippen LogP contribution in [-0.4, -0.2) is 17.5 Å². The molecule has 0 aliphatic heterocycles. The molecule has 0 saturated heterocycles. The molecule has 0 aliphatic carbocycles. The van der Waals surface area contributed by atoms with Gasteiger partial charge in [-0.3, -0.25) is 10.3 Å². The molecule has 0 spiro atoms. The second kappa shape index (κ2) is 6.43. The van der Waals surface area contributed by atoms with Gasteiger partial charge in [0.15, 0.2) is 11.4 Å². The van der Waals surface area contributed by atoms with Crippen molar-refractivity contribution in [3.8, 4) is 6.19 Å². The third kappa shape index (κ3) is 4.21. The van der Waals surface area contributed by atoms with Gasteiger partial charge in [-0.05, 0) is 12.7 Å². The predicted octanol–water partition coefficient (Wildman–Crippen LogP) is 1.19. The molecule has 0 bridgehead atoms. The lowest BCUT2D eigenvalue weighted by atomic mass is 10.8. The minimum atomic E-state index is 0.715. The average molecular weight is 157 g/mol. The molecule has 10 heavy (non-hydrogen) atoms. The third-order valence-corrected chi connectivity index (χ3v) is 1.54. The van der Waals surface area contributed by atoms with Gasteiger partial charge in [-0.1, -0.05) is 18.7 Å². The first-order valence-electron chi connectivity index (χ1n) is 3.17. The zero-order chi connectivity index (χ0) is 7.82. The van der Waals surface area contributed by atoms with Gasteiger partial charge in [0.05, 0.1) is 0 Å². The van der Waals surface area contributed by atoms with Crippen LogP contribution in [0.2, 0.25) is 0 Å². The van der Waals surface area contributed by atoms with Crippen LogP contribution in [0.5, 0.6) is 0 Å². The molecule has 0 aliphatic rings. The standard InChI is InChI=1S/C6H11N3S/c1-3-8-6(9-5-7)10-4-2/h3-4H2,1-2H3,(H,8,9). The van der Waals surface area contributed by atoms with Gasteiger partial charge in [0.25, 0.3) is 0 Å². The first-order valence-corrected chi connectivity index (χ1v) is 4.16. The van der Waals surface area contributed by atoms with Crippen molar-refractivity contribution in [1.82, 2.24) is 5.32 Å². The molecule has 56 valence electrons. The average Bonchev–Trinajstić information content (AvgIpc) is 1.90. The van der Waals surface area contributed by atoms with Crippen molar-refractivity contribution in [2.24, 2.45) is 4.99 Å². The fraction of sp³-hybridized carbons (Fsp3) is 0.667.